The van der Waals surface area contributed by atoms with Gasteiger partial charge in [-0.25, -0.2) is 0 Å². The smallest absolute Gasteiger partial charge is 0.150 e. The fourth-order valence-electron chi connectivity index (χ4n) is 2.47. The summed E-state index contributed by atoms with van der Waals surface area (Å²) in [5, 5.41) is 9.11. The Morgan fingerprint density at radius 1 is 0.708 bits per heavy atom. The van der Waals surface area contributed by atoms with Crippen molar-refractivity contribution < 1.29 is 4.79 Å². The fraction of sp³-hybridized carbons (Fsp3) is 0. The van der Waals surface area contributed by atoms with Crippen molar-refractivity contribution in [3.63, 3.8) is 0 Å². The van der Waals surface area contributed by atoms with Gasteiger partial charge in [-0.2, -0.15) is 5.26 Å². The van der Waals surface area contributed by atoms with Gasteiger partial charge in [-0.05, 0) is 28.3 Å². The molecule has 0 bridgehead atoms. The molecule has 24 heavy (non-hydrogen) atoms. The minimum atomic E-state index is 0.667. The largest absolute Gasteiger partial charge is 0.298 e. The zero-order valence-corrected chi connectivity index (χ0v) is 13.0. The molecule has 0 atom stereocenters. The Kier molecular flexibility index (Phi) is 4.65. The lowest BCUT2D eigenvalue weighted by Crippen LogP contribution is -1.82. The predicted octanol–water partition coefficient (Wildman–Crippen LogP) is 5.21. The number of carbonyl (C=O) groups excluding carboxylic acids is 1. The monoisotopic (exact) mass is 309 g/mol. The van der Waals surface area contributed by atoms with E-state index in [9.17, 15) is 4.79 Å². The van der Waals surface area contributed by atoms with Crippen LogP contribution in [-0.2, 0) is 0 Å². The van der Waals surface area contributed by atoms with E-state index >= 15 is 0 Å². The molecule has 0 saturated carbocycles. The minimum Gasteiger partial charge on any atom is -0.298 e. The van der Waals surface area contributed by atoms with Crippen molar-refractivity contribution in [1.29, 1.82) is 5.26 Å². The van der Waals surface area contributed by atoms with Crippen LogP contribution in [0.3, 0.4) is 0 Å². The van der Waals surface area contributed by atoms with E-state index in [1.807, 2.05) is 84.9 Å². The summed E-state index contributed by atoms with van der Waals surface area (Å²) in [4.78, 5) is 10.7. The average molecular weight is 309 g/mol. The molecule has 3 aromatic carbocycles. The Bertz CT molecular complexity index is 913. The summed E-state index contributed by atoms with van der Waals surface area (Å²) < 4.78 is 0. The first-order chi connectivity index (χ1) is 11.8. The molecule has 0 aromatic heterocycles. The first kappa shape index (κ1) is 15.5. The average Bonchev–Trinajstić information content (AvgIpc) is 2.67. The van der Waals surface area contributed by atoms with E-state index in [0.29, 0.717) is 11.1 Å². The van der Waals surface area contributed by atoms with Gasteiger partial charge in [0.25, 0.3) is 0 Å². The van der Waals surface area contributed by atoms with Gasteiger partial charge < -0.3 is 0 Å². The molecule has 0 heterocycles. The molecule has 3 aromatic rings. The van der Waals surface area contributed by atoms with Gasteiger partial charge in [0.2, 0.25) is 0 Å². The summed E-state index contributed by atoms with van der Waals surface area (Å²) in [6.45, 7) is 0. The van der Waals surface area contributed by atoms with Crippen LogP contribution in [0.15, 0.2) is 72.8 Å². The number of aldehydes is 1. The number of benzene rings is 3. The van der Waals surface area contributed by atoms with E-state index in [1.165, 1.54) is 0 Å². The molecule has 0 amide bonds. The van der Waals surface area contributed by atoms with Gasteiger partial charge in [0.15, 0.2) is 0 Å². The number of nitriles is 1. The summed E-state index contributed by atoms with van der Waals surface area (Å²) in [6.07, 6.45) is 4.79. The van der Waals surface area contributed by atoms with Gasteiger partial charge in [0.1, 0.15) is 6.29 Å². The number of carbonyl (C=O) groups is 1. The van der Waals surface area contributed by atoms with Crippen LogP contribution in [0.4, 0.5) is 0 Å². The third-order valence-electron chi connectivity index (χ3n) is 3.83. The van der Waals surface area contributed by atoms with Crippen molar-refractivity contribution in [2.75, 3.05) is 0 Å². The van der Waals surface area contributed by atoms with E-state index in [1.54, 1.807) is 0 Å². The Balaban J connectivity index is 1.80. The Morgan fingerprint density at radius 2 is 1.29 bits per heavy atom. The molecule has 0 aliphatic heterocycles. The van der Waals surface area contributed by atoms with Gasteiger partial charge >= 0.3 is 0 Å². The summed E-state index contributed by atoms with van der Waals surface area (Å²) in [5.74, 6) is 0. The highest BCUT2D eigenvalue weighted by Crippen LogP contribution is 2.21. The van der Waals surface area contributed by atoms with Crippen molar-refractivity contribution in [2.24, 2.45) is 0 Å². The van der Waals surface area contributed by atoms with Crippen LogP contribution >= 0.6 is 0 Å². The van der Waals surface area contributed by atoms with Crippen molar-refractivity contribution >= 4 is 18.4 Å². The molecule has 2 nitrogen and oxygen atoms in total. The molecule has 0 radical (unpaired) electrons. The molecule has 0 saturated heterocycles. The zero-order chi connectivity index (χ0) is 16.8. The van der Waals surface area contributed by atoms with E-state index < -0.39 is 0 Å². The van der Waals surface area contributed by atoms with Crippen molar-refractivity contribution in [3.05, 3.63) is 95.1 Å². The third-order valence-corrected chi connectivity index (χ3v) is 3.83. The highest BCUT2D eigenvalue weighted by atomic mass is 16.1. The first-order valence-electron chi connectivity index (χ1n) is 7.63. The second-order valence-electron chi connectivity index (χ2n) is 5.39. The Hall–Kier alpha value is -3.44. The van der Waals surface area contributed by atoms with E-state index in [2.05, 4.69) is 6.07 Å². The number of rotatable bonds is 4. The Labute approximate surface area is 141 Å². The van der Waals surface area contributed by atoms with Gasteiger partial charge in [-0.3, -0.25) is 4.79 Å². The van der Waals surface area contributed by atoms with E-state index in [-0.39, 0.29) is 0 Å². The quantitative estimate of drug-likeness (QED) is 0.490. The molecule has 3 rings (SSSR count). The van der Waals surface area contributed by atoms with E-state index in [0.717, 1.165) is 28.5 Å². The molecule has 0 unspecified atom stereocenters. The zero-order valence-electron chi connectivity index (χ0n) is 13.0. The SMILES string of the molecule is N#Cc1ccccc1C=Cc1ccc(-c2ccc(C=O)cc2)cc1. The lowest BCUT2D eigenvalue weighted by atomic mass is 10.0. The maximum Gasteiger partial charge on any atom is 0.150 e. The highest BCUT2D eigenvalue weighted by Gasteiger charge is 1.99. The molecule has 0 aliphatic carbocycles. The van der Waals surface area contributed by atoms with Crippen molar-refractivity contribution in [2.45, 2.75) is 0 Å². The summed E-state index contributed by atoms with van der Waals surface area (Å²) in [7, 11) is 0. The topological polar surface area (TPSA) is 40.9 Å². The molecule has 0 N–H and O–H groups in total. The highest BCUT2D eigenvalue weighted by molar-refractivity contribution is 5.77. The maximum atomic E-state index is 10.7. The van der Waals surface area contributed by atoms with Crippen LogP contribution in [0.5, 0.6) is 0 Å². The van der Waals surface area contributed by atoms with Crippen LogP contribution in [0, 0.1) is 11.3 Å². The first-order valence-corrected chi connectivity index (χ1v) is 7.63. The molecule has 0 spiro atoms. The van der Waals surface area contributed by atoms with Gasteiger partial charge in [-0.15, -0.1) is 0 Å². The van der Waals surface area contributed by atoms with Crippen LogP contribution in [0.25, 0.3) is 23.3 Å². The standard InChI is InChI=1S/C22H15NO/c23-15-22-4-2-1-3-19(22)10-5-17-6-11-20(12-7-17)21-13-8-18(16-24)9-14-21/h1-14,16H. The molecule has 114 valence electrons. The van der Waals surface area contributed by atoms with Gasteiger partial charge in [-0.1, -0.05) is 78.9 Å². The number of hydrogen-bond acceptors (Lipinski definition) is 2. The van der Waals surface area contributed by atoms with Crippen LogP contribution in [0.1, 0.15) is 27.0 Å². The Morgan fingerprint density at radius 3 is 1.88 bits per heavy atom. The molecular formula is C22H15NO. The van der Waals surface area contributed by atoms with Crippen LogP contribution in [-0.4, -0.2) is 6.29 Å². The fourth-order valence-corrected chi connectivity index (χ4v) is 2.47. The molecule has 2 heteroatoms. The molecular weight excluding hydrogens is 294 g/mol. The van der Waals surface area contributed by atoms with Gasteiger partial charge in [0.05, 0.1) is 11.6 Å². The molecule has 0 fully saturated rings. The summed E-state index contributed by atoms with van der Waals surface area (Å²) >= 11 is 0. The maximum absolute atomic E-state index is 10.7. The van der Waals surface area contributed by atoms with Crippen LogP contribution < -0.4 is 0 Å². The number of nitrogens with zero attached hydrogens (tertiary/aromatic N) is 1. The normalized spacial score (nSPS) is 10.5. The minimum absolute atomic E-state index is 0.667. The lowest BCUT2D eigenvalue weighted by Gasteiger charge is -2.03. The summed E-state index contributed by atoms with van der Waals surface area (Å²) in [6, 6.07) is 25.4. The van der Waals surface area contributed by atoms with Crippen molar-refractivity contribution in [3.8, 4) is 17.2 Å². The number of hydrogen-bond donors (Lipinski definition) is 0. The van der Waals surface area contributed by atoms with Gasteiger partial charge in [0, 0.05) is 5.56 Å². The lowest BCUT2D eigenvalue weighted by molar-refractivity contribution is 0.112. The third kappa shape index (κ3) is 3.48. The second-order valence-corrected chi connectivity index (χ2v) is 5.39. The predicted molar refractivity (Wildman–Crippen MR) is 97.4 cm³/mol. The summed E-state index contributed by atoms with van der Waals surface area (Å²) in [5.41, 5.74) is 5.49. The van der Waals surface area contributed by atoms with Crippen LogP contribution in [0.2, 0.25) is 0 Å². The molecule has 0 aliphatic rings. The second kappa shape index (κ2) is 7.21. The van der Waals surface area contributed by atoms with E-state index in [4.69, 9.17) is 5.26 Å². The van der Waals surface area contributed by atoms with Crippen molar-refractivity contribution in [1.82, 2.24) is 0 Å².